The second kappa shape index (κ2) is 5.51. The van der Waals surface area contributed by atoms with Gasteiger partial charge in [-0.3, -0.25) is 0 Å². The smallest absolute Gasteiger partial charge is 0.0765 e. The van der Waals surface area contributed by atoms with Crippen molar-refractivity contribution in [2.75, 3.05) is 31.2 Å². The molecule has 2 aliphatic rings. The fourth-order valence-corrected chi connectivity index (χ4v) is 3.31. The van der Waals surface area contributed by atoms with Crippen LogP contribution in [0.2, 0.25) is 0 Å². The van der Waals surface area contributed by atoms with Crippen LogP contribution in [0.4, 0.5) is 5.69 Å². The van der Waals surface area contributed by atoms with Gasteiger partial charge in [0.25, 0.3) is 0 Å². The lowest BCUT2D eigenvalue weighted by Crippen LogP contribution is -2.42. The lowest BCUT2D eigenvalue weighted by Gasteiger charge is -2.37. The van der Waals surface area contributed by atoms with Gasteiger partial charge in [-0.25, -0.2) is 0 Å². The maximum absolute atomic E-state index is 10.4. The molecule has 0 aliphatic carbocycles. The van der Waals surface area contributed by atoms with E-state index in [0.717, 1.165) is 32.5 Å². The normalized spacial score (nSPS) is 28.2. The fourth-order valence-electron chi connectivity index (χ4n) is 3.31. The summed E-state index contributed by atoms with van der Waals surface area (Å²) in [7, 11) is 0. The van der Waals surface area contributed by atoms with E-state index < -0.39 is 0 Å². The van der Waals surface area contributed by atoms with Crippen LogP contribution in [0.15, 0.2) is 24.3 Å². The third-order valence-corrected chi connectivity index (χ3v) is 4.35. The molecular weight excluding hydrogens is 238 g/mol. The average Bonchev–Trinajstić information content (AvgIpc) is 2.92. The minimum Gasteiger partial charge on any atom is -0.391 e. The molecule has 0 radical (unpaired) electrons. The summed E-state index contributed by atoms with van der Waals surface area (Å²) < 4.78 is 5.38. The monoisotopic (exact) mass is 261 g/mol. The van der Waals surface area contributed by atoms with E-state index in [9.17, 15) is 5.11 Å². The third-order valence-electron chi connectivity index (χ3n) is 4.35. The van der Waals surface area contributed by atoms with Gasteiger partial charge in [0.2, 0.25) is 0 Å². The standard InChI is InChI=1S/C16H23NO2/c1-12-8-13-4-2-3-5-15(13)17(9-12)10-16(18)14-6-7-19-11-14/h2-5,12,14,16,18H,6-11H2,1H3. The Balaban J connectivity index is 1.73. The van der Waals surface area contributed by atoms with Gasteiger partial charge in [-0.1, -0.05) is 25.1 Å². The average molecular weight is 261 g/mol. The van der Waals surface area contributed by atoms with Crippen molar-refractivity contribution >= 4 is 5.69 Å². The van der Waals surface area contributed by atoms with Crippen molar-refractivity contribution in [3.05, 3.63) is 29.8 Å². The number of hydrogen-bond donors (Lipinski definition) is 1. The van der Waals surface area contributed by atoms with Crippen LogP contribution in [-0.2, 0) is 11.2 Å². The second-order valence-electron chi connectivity index (χ2n) is 6.03. The number of nitrogens with zero attached hydrogens (tertiary/aromatic N) is 1. The predicted molar refractivity (Wildman–Crippen MR) is 76.5 cm³/mol. The van der Waals surface area contributed by atoms with E-state index in [-0.39, 0.29) is 6.10 Å². The van der Waals surface area contributed by atoms with Crippen LogP contribution < -0.4 is 4.90 Å². The van der Waals surface area contributed by atoms with Gasteiger partial charge in [0.1, 0.15) is 0 Å². The molecule has 0 amide bonds. The number of hydrogen-bond acceptors (Lipinski definition) is 3. The highest BCUT2D eigenvalue weighted by atomic mass is 16.5. The molecule has 104 valence electrons. The summed E-state index contributed by atoms with van der Waals surface area (Å²) >= 11 is 0. The van der Waals surface area contributed by atoms with Crippen molar-refractivity contribution in [2.24, 2.45) is 11.8 Å². The van der Waals surface area contributed by atoms with Gasteiger partial charge in [-0.15, -0.1) is 0 Å². The maximum Gasteiger partial charge on any atom is 0.0765 e. The molecule has 2 aliphatic heterocycles. The van der Waals surface area contributed by atoms with Gasteiger partial charge in [0, 0.05) is 31.3 Å². The summed E-state index contributed by atoms with van der Waals surface area (Å²) in [5.74, 6) is 0.964. The summed E-state index contributed by atoms with van der Waals surface area (Å²) in [6.45, 7) is 5.58. The highest BCUT2D eigenvalue weighted by Gasteiger charge is 2.28. The van der Waals surface area contributed by atoms with Crippen LogP contribution in [0, 0.1) is 11.8 Å². The van der Waals surface area contributed by atoms with Crippen molar-refractivity contribution in [3.8, 4) is 0 Å². The number of para-hydroxylation sites is 1. The number of fused-ring (bicyclic) bond motifs is 1. The second-order valence-corrected chi connectivity index (χ2v) is 6.03. The van der Waals surface area contributed by atoms with Crippen molar-refractivity contribution in [2.45, 2.75) is 25.9 Å². The third kappa shape index (κ3) is 2.77. The van der Waals surface area contributed by atoms with Gasteiger partial charge in [-0.05, 0) is 30.4 Å². The fraction of sp³-hybridized carbons (Fsp3) is 0.625. The van der Waals surface area contributed by atoms with Crippen LogP contribution in [0.1, 0.15) is 18.9 Å². The number of aliphatic hydroxyl groups is 1. The SMILES string of the molecule is CC1Cc2ccccc2N(CC(O)C2CCOC2)C1. The van der Waals surface area contributed by atoms with Gasteiger partial charge >= 0.3 is 0 Å². The Kier molecular flexibility index (Phi) is 3.76. The summed E-state index contributed by atoms with van der Waals surface area (Å²) in [6.07, 6.45) is 1.86. The molecule has 0 bridgehead atoms. The Labute approximate surface area is 115 Å². The van der Waals surface area contributed by atoms with Crippen molar-refractivity contribution in [1.82, 2.24) is 0 Å². The van der Waals surface area contributed by atoms with Gasteiger partial charge in [-0.2, -0.15) is 0 Å². The first-order chi connectivity index (χ1) is 9.24. The first-order valence-corrected chi connectivity index (χ1v) is 7.32. The zero-order chi connectivity index (χ0) is 13.2. The first kappa shape index (κ1) is 12.9. The predicted octanol–water partition coefficient (Wildman–Crippen LogP) is 2.08. The molecule has 1 aromatic carbocycles. The molecule has 0 aromatic heterocycles. The number of rotatable bonds is 3. The molecule has 1 N–H and O–H groups in total. The lowest BCUT2D eigenvalue weighted by atomic mass is 9.92. The van der Waals surface area contributed by atoms with Gasteiger partial charge in [0.05, 0.1) is 12.7 Å². The molecular formula is C16H23NO2. The van der Waals surface area contributed by atoms with Crippen LogP contribution in [-0.4, -0.2) is 37.5 Å². The zero-order valence-corrected chi connectivity index (χ0v) is 11.6. The molecule has 2 heterocycles. The van der Waals surface area contributed by atoms with Crippen LogP contribution in [0.25, 0.3) is 0 Å². The molecule has 0 saturated carbocycles. The van der Waals surface area contributed by atoms with E-state index in [1.165, 1.54) is 11.3 Å². The van der Waals surface area contributed by atoms with Gasteiger partial charge < -0.3 is 14.7 Å². The van der Waals surface area contributed by atoms with E-state index in [1.54, 1.807) is 0 Å². The lowest BCUT2D eigenvalue weighted by molar-refractivity contribution is 0.0953. The Morgan fingerprint density at radius 2 is 2.26 bits per heavy atom. The van der Waals surface area contributed by atoms with E-state index >= 15 is 0 Å². The van der Waals surface area contributed by atoms with E-state index in [1.807, 2.05) is 0 Å². The largest absolute Gasteiger partial charge is 0.391 e. The van der Waals surface area contributed by atoms with Crippen molar-refractivity contribution in [1.29, 1.82) is 0 Å². The molecule has 19 heavy (non-hydrogen) atoms. The highest BCUT2D eigenvalue weighted by Crippen LogP contribution is 2.30. The number of ether oxygens (including phenoxy) is 1. The summed E-state index contributed by atoms with van der Waals surface area (Å²) in [6, 6.07) is 8.59. The Morgan fingerprint density at radius 1 is 1.42 bits per heavy atom. The molecule has 3 heteroatoms. The molecule has 3 nitrogen and oxygen atoms in total. The molecule has 1 fully saturated rings. The molecule has 0 spiro atoms. The van der Waals surface area contributed by atoms with Crippen LogP contribution >= 0.6 is 0 Å². The number of benzene rings is 1. The number of aliphatic hydroxyl groups excluding tert-OH is 1. The van der Waals surface area contributed by atoms with Crippen molar-refractivity contribution < 1.29 is 9.84 Å². The molecule has 3 unspecified atom stereocenters. The van der Waals surface area contributed by atoms with E-state index in [4.69, 9.17) is 4.74 Å². The molecule has 1 aromatic rings. The summed E-state index contributed by atoms with van der Waals surface area (Å²) in [5.41, 5.74) is 2.72. The molecule has 3 atom stereocenters. The van der Waals surface area contributed by atoms with Crippen LogP contribution in [0.3, 0.4) is 0 Å². The topological polar surface area (TPSA) is 32.7 Å². The van der Waals surface area contributed by atoms with Crippen LogP contribution in [0.5, 0.6) is 0 Å². The van der Waals surface area contributed by atoms with Crippen molar-refractivity contribution in [3.63, 3.8) is 0 Å². The number of β-amino-alcohol motifs (C(OH)–C–C–N with tert-alkyl or cyclic N) is 1. The highest BCUT2D eigenvalue weighted by molar-refractivity contribution is 5.55. The first-order valence-electron chi connectivity index (χ1n) is 7.32. The Bertz CT molecular complexity index is 429. The quantitative estimate of drug-likeness (QED) is 0.904. The van der Waals surface area contributed by atoms with E-state index in [2.05, 4.69) is 36.1 Å². The molecule has 3 rings (SSSR count). The molecule has 1 saturated heterocycles. The number of anilines is 1. The Hall–Kier alpha value is -1.06. The minimum atomic E-state index is -0.277. The Morgan fingerprint density at radius 3 is 3.05 bits per heavy atom. The summed E-state index contributed by atoms with van der Waals surface area (Å²) in [4.78, 5) is 2.35. The summed E-state index contributed by atoms with van der Waals surface area (Å²) in [5, 5.41) is 10.4. The maximum atomic E-state index is 10.4. The van der Waals surface area contributed by atoms with E-state index in [0.29, 0.717) is 18.4 Å². The zero-order valence-electron chi connectivity index (χ0n) is 11.6. The minimum absolute atomic E-state index is 0.277. The van der Waals surface area contributed by atoms with Gasteiger partial charge in [0.15, 0.2) is 0 Å².